The molecule has 0 radical (unpaired) electrons. The van der Waals surface area contributed by atoms with E-state index in [1.165, 1.54) is 5.69 Å². The molecule has 1 aliphatic rings. The number of rotatable bonds is 6. The van der Waals surface area contributed by atoms with Crippen molar-refractivity contribution in [3.8, 4) is 0 Å². The van der Waals surface area contributed by atoms with Gasteiger partial charge in [-0.2, -0.15) is 0 Å². The maximum atomic E-state index is 12.2. The molecule has 4 nitrogen and oxygen atoms in total. The van der Waals surface area contributed by atoms with E-state index in [-0.39, 0.29) is 5.91 Å². The maximum absolute atomic E-state index is 12.2. The number of hydrogen-bond donors (Lipinski definition) is 1. The quantitative estimate of drug-likeness (QED) is 0.815. The Bertz CT molecular complexity index is 435. The van der Waals surface area contributed by atoms with Gasteiger partial charge in [-0.1, -0.05) is 18.2 Å². The van der Waals surface area contributed by atoms with E-state index >= 15 is 0 Å². The molecule has 2 rings (SSSR count). The summed E-state index contributed by atoms with van der Waals surface area (Å²) in [6.45, 7) is 2.93. The van der Waals surface area contributed by atoms with Crippen LogP contribution in [0.4, 0.5) is 5.69 Å². The van der Waals surface area contributed by atoms with Crippen LogP contribution in [0.1, 0.15) is 25.7 Å². The molecule has 0 saturated carbocycles. The maximum Gasteiger partial charge on any atom is 0.222 e. The number of piperidine rings is 1. The van der Waals surface area contributed by atoms with Gasteiger partial charge in [-0.25, -0.2) is 0 Å². The first-order chi connectivity index (χ1) is 10.2. The monoisotopic (exact) mass is 289 g/mol. The van der Waals surface area contributed by atoms with Crippen LogP contribution >= 0.6 is 0 Å². The highest BCUT2D eigenvalue weighted by atomic mass is 16.2. The van der Waals surface area contributed by atoms with Gasteiger partial charge in [0.25, 0.3) is 0 Å². The van der Waals surface area contributed by atoms with E-state index in [4.69, 9.17) is 0 Å². The molecule has 21 heavy (non-hydrogen) atoms. The van der Waals surface area contributed by atoms with Crippen LogP contribution in [0.3, 0.4) is 0 Å². The fraction of sp³-hybridized carbons (Fsp3) is 0.588. The van der Waals surface area contributed by atoms with Gasteiger partial charge in [-0.3, -0.25) is 4.79 Å². The molecule has 1 aromatic rings. The van der Waals surface area contributed by atoms with Crippen LogP contribution in [0.2, 0.25) is 0 Å². The number of anilines is 1. The van der Waals surface area contributed by atoms with E-state index in [0.29, 0.717) is 12.5 Å². The Morgan fingerprint density at radius 3 is 2.86 bits per heavy atom. The highest BCUT2D eigenvalue weighted by molar-refractivity contribution is 5.76. The predicted molar refractivity (Wildman–Crippen MR) is 87.6 cm³/mol. The number of para-hydroxylation sites is 1. The highest BCUT2D eigenvalue weighted by Gasteiger charge is 2.25. The molecule has 4 heteroatoms. The molecular weight excluding hydrogens is 262 g/mol. The summed E-state index contributed by atoms with van der Waals surface area (Å²) in [4.78, 5) is 16.6. The van der Waals surface area contributed by atoms with E-state index in [1.54, 1.807) is 0 Å². The normalized spacial score (nSPS) is 18.6. The first-order valence-electron chi connectivity index (χ1n) is 7.92. The average molecular weight is 289 g/mol. The summed E-state index contributed by atoms with van der Waals surface area (Å²) >= 11 is 0. The number of carbonyl (C=O) groups is 1. The van der Waals surface area contributed by atoms with E-state index in [9.17, 15) is 4.79 Å². The Kier molecular flexibility index (Phi) is 6.05. The van der Waals surface area contributed by atoms with Crippen molar-refractivity contribution in [1.82, 2.24) is 10.2 Å². The summed E-state index contributed by atoms with van der Waals surface area (Å²) in [5.41, 5.74) is 1.26. The fourth-order valence-electron chi connectivity index (χ4n) is 2.94. The van der Waals surface area contributed by atoms with E-state index in [0.717, 1.165) is 38.9 Å². The third-order valence-electron chi connectivity index (χ3n) is 4.28. The third kappa shape index (κ3) is 4.46. The molecular formula is C17H27N3O. The molecule has 0 bridgehead atoms. The lowest BCUT2D eigenvalue weighted by Gasteiger charge is -2.39. The van der Waals surface area contributed by atoms with Crippen LogP contribution in [0.25, 0.3) is 0 Å². The molecule has 1 atom stereocenters. The zero-order valence-electron chi connectivity index (χ0n) is 13.2. The summed E-state index contributed by atoms with van der Waals surface area (Å²) in [6, 6.07) is 10.8. The lowest BCUT2D eigenvalue weighted by atomic mass is 10.0. The lowest BCUT2D eigenvalue weighted by molar-refractivity contribution is -0.132. The number of nitrogens with one attached hydrogen (secondary N) is 1. The van der Waals surface area contributed by atoms with E-state index in [1.807, 2.05) is 25.1 Å². The van der Waals surface area contributed by atoms with E-state index < -0.39 is 0 Å². The van der Waals surface area contributed by atoms with Crippen molar-refractivity contribution in [1.29, 1.82) is 0 Å². The number of carbonyl (C=O) groups excluding carboxylic acids is 1. The highest BCUT2D eigenvalue weighted by Crippen LogP contribution is 2.22. The van der Waals surface area contributed by atoms with Gasteiger partial charge in [0.2, 0.25) is 5.91 Å². The van der Waals surface area contributed by atoms with Crippen LogP contribution in [-0.2, 0) is 4.79 Å². The average Bonchev–Trinajstić information content (AvgIpc) is 2.55. The Morgan fingerprint density at radius 2 is 2.14 bits per heavy atom. The van der Waals surface area contributed by atoms with Crippen molar-refractivity contribution in [3.63, 3.8) is 0 Å². The molecule has 1 saturated heterocycles. The van der Waals surface area contributed by atoms with E-state index in [2.05, 4.69) is 34.5 Å². The van der Waals surface area contributed by atoms with Crippen molar-refractivity contribution in [3.05, 3.63) is 30.3 Å². The molecule has 1 amide bonds. The third-order valence-corrected chi connectivity index (χ3v) is 4.28. The lowest BCUT2D eigenvalue weighted by Crippen LogP contribution is -2.48. The van der Waals surface area contributed by atoms with Gasteiger partial charge in [0, 0.05) is 38.3 Å². The predicted octanol–water partition coefficient (Wildman–Crippen LogP) is 2.11. The number of benzene rings is 1. The van der Waals surface area contributed by atoms with Gasteiger partial charge in [-0.05, 0) is 45.0 Å². The Hall–Kier alpha value is -1.55. The van der Waals surface area contributed by atoms with Crippen molar-refractivity contribution < 1.29 is 4.79 Å². The summed E-state index contributed by atoms with van der Waals surface area (Å²) in [5, 5.41) is 3.09. The van der Waals surface area contributed by atoms with Gasteiger partial charge in [-0.15, -0.1) is 0 Å². The molecule has 1 aromatic carbocycles. The zero-order valence-corrected chi connectivity index (χ0v) is 13.2. The van der Waals surface area contributed by atoms with Crippen molar-refractivity contribution in [2.45, 2.75) is 31.7 Å². The minimum atomic E-state index is 0.269. The largest absolute Gasteiger partial charge is 0.369 e. The van der Waals surface area contributed by atoms with Gasteiger partial charge in [0.1, 0.15) is 0 Å². The first kappa shape index (κ1) is 15.8. The van der Waals surface area contributed by atoms with Crippen molar-refractivity contribution in [2.24, 2.45) is 0 Å². The van der Waals surface area contributed by atoms with Crippen LogP contribution in [0, 0.1) is 0 Å². The Morgan fingerprint density at radius 1 is 1.38 bits per heavy atom. The van der Waals surface area contributed by atoms with Crippen molar-refractivity contribution >= 4 is 11.6 Å². The van der Waals surface area contributed by atoms with Gasteiger partial charge < -0.3 is 15.1 Å². The number of likely N-dealkylation sites (N-methyl/N-ethyl adjacent to an activating group) is 1. The summed E-state index contributed by atoms with van der Waals surface area (Å²) in [5.74, 6) is 0.269. The number of nitrogens with zero attached hydrogens (tertiary/aromatic N) is 2. The van der Waals surface area contributed by atoms with Gasteiger partial charge in [0.15, 0.2) is 0 Å². The standard InChI is InChI=1S/C17H27N3O/c1-18-12-6-11-17(21)19(2)16-10-7-13-20(14-16)15-8-4-3-5-9-15/h3-5,8-9,16,18H,6-7,10-14H2,1-2H3. The minimum Gasteiger partial charge on any atom is -0.369 e. The Balaban J connectivity index is 1.89. The SMILES string of the molecule is CNCCCC(=O)N(C)C1CCCN(c2ccccc2)C1. The molecule has 0 spiro atoms. The topological polar surface area (TPSA) is 35.6 Å². The minimum absolute atomic E-state index is 0.269. The van der Waals surface area contributed by atoms with Crippen LogP contribution in [0.5, 0.6) is 0 Å². The van der Waals surface area contributed by atoms with Crippen molar-refractivity contribution in [2.75, 3.05) is 38.6 Å². The summed E-state index contributed by atoms with van der Waals surface area (Å²) in [7, 11) is 3.88. The molecule has 116 valence electrons. The number of amides is 1. The second kappa shape index (κ2) is 8.03. The fourth-order valence-corrected chi connectivity index (χ4v) is 2.94. The van der Waals surface area contributed by atoms with Gasteiger partial charge >= 0.3 is 0 Å². The zero-order chi connectivity index (χ0) is 15.1. The van der Waals surface area contributed by atoms with Crippen LogP contribution < -0.4 is 10.2 Å². The molecule has 1 heterocycles. The second-order valence-corrected chi connectivity index (χ2v) is 5.79. The van der Waals surface area contributed by atoms with Crippen LogP contribution in [0.15, 0.2) is 30.3 Å². The summed E-state index contributed by atoms with van der Waals surface area (Å²) in [6.07, 6.45) is 3.80. The molecule has 0 aromatic heterocycles. The van der Waals surface area contributed by atoms with Crippen LogP contribution in [-0.4, -0.2) is 50.6 Å². The molecule has 1 unspecified atom stereocenters. The smallest absolute Gasteiger partial charge is 0.222 e. The molecule has 0 aliphatic carbocycles. The summed E-state index contributed by atoms with van der Waals surface area (Å²) < 4.78 is 0. The number of hydrogen-bond acceptors (Lipinski definition) is 3. The molecule has 1 aliphatic heterocycles. The second-order valence-electron chi connectivity index (χ2n) is 5.79. The first-order valence-corrected chi connectivity index (χ1v) is 7.92. The molecule has 1 fully saturated rings. The van der Waals surface area contributed by atoms with Gasteiger partial charge in [0.05, 0.1) is 0 Å². The molecule has 1 N–H and O–H groups in total. The Labute approximate surface area is 128 Å².